The van der Waals surface area contributed by atoms with Crippen molar-refractivity contribution in [3.63, 3.8) is 0 Å². The Bertz CT molecular complexity index is 1520. The van der Waals surface area contributed by atoms with E-state index in [-0.39, 0.29) is 0 Å². The molecule has 0 aliphatic heterocycles. The Hall–Kier alpha value is -4.33. The average Bonchev–Trinajstić information content (AvgIpc) is 2.89. The van der Waals surface area contributed by atoms with Gasteiger partial charge in [0.1, 0.15) is 11.9 Å². The van der Waals surface area contributed by atoms with Crippen molar-refractivity contribution in [1.82, 2.24) is 9.88 Å². The van der Waals surface area contributed by atoms with Crippen molar-refractivity contribution in [2.24, 2.45) is 0 Å². The Morgan fingerprint density at radius 1 is 0.895 bits per heavy atom. The second kappa shape index (κ2) is 10.6. The van der Waals surface area contributed by atoms with Gasteiger partial charge in [-0.2, -0.15) is 0 Å². The fourth-order valence-corrected chi connectivity index (χ4v) is 4.59. The molecule has 0 saturated heterocycles. The van der Waals surface area contributed by atoms with Crippen molar-refractivity contribution in [2.75, 3.05) is 21.3 Å². The highest BCUT2D eigenvalue weighted by molar-refractivity contribution is 6.03. The zero-order chi connectivity index (χ0) is 27.6. The summed E-state index contributed by atoms with van der Waals surface area (Å²) in [6, 6.07) is 17.0. The van der Waals surface area contributed by atoms with Crippen LogP contribution in [0.15, 0.2) is 71.5 Å². The summed E-state index contributed by atoms with van der Waals surface area (Å²) >= 11 is 0. The number of carbonyl (C=O) groups excluding carboxylic acids is 1. The average molecular weight is 519 g/mol. The van der Waals surface area contributed by atoms with E-state index in [9.17, 15) is 14.0 Å². The van der Waals surface area contributed by atoms with Crippen molar-refractivity contribution < 1.29 is 23.4 Å². The van der Waals surface area contributed by atoms with Gasteiger partial charge < -0.3 is 19.5 Å². The Kier molecular flexibility index (Phi) is 7.44. The third-order valence-electron chi connectivity index (χ3n) is 6.12. The number of ether oxygens (including phenoxy) is 3. The van der Waals surface area contributed by atoms with Crippen LogP contribution in [-0.2, 0) is 4.79 Å². The predicted molar refractivity (Wildman–Crippen MR) is 146 cm³/mol. The molecule has 0 saturated carbocycles. The minimum atomic E-state index is -1.11. The molecule has 0 aliphatic carbocycles. The highest BCUT2D eigenvalue weighted by atomic mass is 19.1. The lowest BCUT2D eigenvalue weighted by molar-refractivity contribution is -0.124. The molecule has 0 fully saturated rings. The summed E-state index contributed by atoms with van der Waals surface area (Å²) in [5.74, 6) is 0.150. The summed E-state index contributed by atoms with van der Waals surface area (Å²) in [7, 11) is 4.49. The van der Waals surface area contributed by atoms with Crippen LogP contribution in [0.2, 0.25) is 0 Å². The molecule has 3 aromatic carbocycles. The maximum Gasteiger partial charge on any atom is 0.252 e. The number of amides is 1. The van der Waals surface area contributed by atoms with E-state index in [1.54, 1.807) is 6.07 Å². The van der Waals surface area contributed by atoms with Crippen LogP contribution >= 0.6 is 0 Å². The van der Waals surface area contributed by atoms with E-state index < -0.39 is 28.9 Å². The number of hydrogen-bond donors (Lipinski definition) is 1. The number of pyridine rings is 1. The zero-order valence-corrected chi connectivity index (χ0v) is 22.3. The molecule has 4 aromatic rings. The maximum atomic E-state index is 13.9. The first-order valence-electron chi connectivity index (χ1n) is 12.1. The Labute approximate surface area is 220 Å². The molecule has 0 aliphatic rings. The highest BCUT2D eigenvalue weighted by Crippen LogP contribution is 2.47. The third-order valence-corrected chi connectivity index (χ3v) is 6.12. The standard InChI is InChI=1S/C30H31FN2O5/c1-30(2,3)32-29(35)26(19-12-14-20(31)15-13-19)33-22-17-23(36-4)27(37-5)28(38-6)25(22)21(16-24(33)34)18-10-8-7-9-11-18/h7-17,26H,1-6H3,(H,32,35). The number of nitrogens with zero attached hydrogens (tertiary/aromatic N) is 1. The summed E-state index contributed by atoms with van der Waals surface area (Å²) in [6.07, 6.45) is 0. The van der Waals surface area contributed by atoms with E-state index in [1.165, 1.54) is 56.2 Å². The quantitative estimate of drug-likeness (QED) is 0.358. The van der Waals surface area contributed by atoms with Gasteiger partial charge in [-0.15, -0.1) is 0 Å². The van der Waals surface area contributed by atoms with Crippen LogP contribution < -0.4 is 25.1 Å². The van der Waals surface area contributed by atoms with Crippen molar-refractivity contribution in [2.45, 2.75) is 32.4 Å². The van der Waals surface area contributed by atoms with E-state index >= 15 is 0 Å². The van der Waals surface area contributed by atoms with Crippen LogP contribution in [0, 0.1) is 5.82 Å². The van der Waals surface area contributed by atoms with Crippen molar-refractivity contribution >= 4 is 16.8 Å². The van der Waals surface area contributed by atoms with E-state index in [4.69, 9.17) is 14.2 Å². The minimum absolute atomic E-state index is 0.323. The summed E-state index contributed by atoms with van der Waals surface area (Å²) in [4.78, 5) is 27.7. The SMILES string of the molecule is COc1cc2c(c(-c3ccccc3)cc(=O)n2C(C(=O)NC(C)(C)C)c2ccc(F)cc2)c(OC)c1OC. The fourth-order valence-electron chi connectivity index (χ4n) is 4.59. The number of aromatic nitrogens is 1. The molecule has 1 amide bonds. The van der Waals surface area contributed by atoms with Gasteiger partial charge in [0.25, 0.3) is 5.56 Å². The fraction of sp³-hybridized carbons (Fsp3) is 0.267. The Morgan fingerprint density at radius 3 is 2.08 bits per heavy atom. The molecule has 1 heterocycles. The van der Waals surface area contributed by atoms with Crippen LogP contribution in [0.25, 0.3) is 22.0 Å². The molecule has 1 N–H and O–H groups in total. The highest BCUT2D eigenvalue weighted by Gasteiger charge is 2.31. The molecule has 0 bridgehead atoms. The van der Waals surface area contributed by atoms with Gasteiger partial charge in [-0.25, -0.2) is 4.39 Å². The van der Waals surface area contributed by atoms with E-state index in [0.29, 0.717) is 39.3 Å². The topological polar surface area (TPSA) is 78.8 Å². The molecule has 1 atom stereocenters. The van der Waals surface area contributed by atoms with Gasteiger partial charge in [-0.1, -0.05) is 42.5 Å². The molecule has 0 spiro atoms. The molecule has 198 valence electrons. The lowest BCUT2D eigenvalue weighted by Crippen LogP contribution is -2.46. The van der Waals surface area contributed by atoms with Crippen LogP contribution in [0.5, 0.6) is 17.2 Å². The summed E-state index contributed by atoms with van der Waals surface area (Å²) < 4.78 is 32.3. The first kappa shape index (κ1) is 26.7. The number of fused-ring (bicyclic) bond motifs is 1. The van der Waals surface area contributed by atoms with E-state index in [1.807, 2.05) is 51.1 Å². The molecule has 8 heteroatoms. The summed E-state index contributed by atoms with van der Waals surface area (Å²) in [6.45, 7) is 5.55. The van der Waals surface area contributed by atoms with E-state index in [0.717, 1.165) is 5.56 Å². The molecular weight excluding hydrogens is 487 g/mol. The van der Waals surface area contributed by atoms with Crippen LogP contribution in [-0.4, -0.2) is 37.3 Å². The van der Waals surface area contributed by atoms with Gasteiger partial charge in [0.15, 0.2) is 11.5 Å². The summed E-state index contributed by atoms with van der Waals surface area (Å²) in [5.41, 5.74) is 1.21. The van der Waals surface area contributed by atoms with Gasteiger partial charge in [0.2, 0.25) is 11.7 Å². The lowest BCUT2D eigenvalue weighted by Gasteiger charge is -2.28. The molecule has 7 nitrogen and oxygen atoms in total. The molecule has 1 unspecified atom stereocenters. The van der Waals surface area contributed by atoms with Gasteiger partial charge >= 0.3 is 0 Å². The number of halogens is 1. The molecule has 1 aromatic heterocycles. The van der Waals surface area contributed by atoms with Gasteiger partial charge in [0, 0.05) is 23.2 Å². The molecule has 0 radical (unpaired) electrons. The normalized spacial score (nSPS) is 12.2. The first-order chi connectivity index (χ1) is 18.1. The number of carbonyl (C=O) groups is 1. The second-order valence-corrected chi connectivity index (χ2v) is 9.87. The zero-order valence-electron chi connectivity index (χ0n) is 22.3. The van der Waals surface area contributed by atoms with Gasteiger partial charge in [-0.05, 0) is 44.0 Å². The van der Waals surface area contributed by atoms with Crippen molar-refractivity contribution in [3.05, 3.63) is 88.5 Å². The Balaban J connectivity index is 2.17. The van der Waals surface area contributed by atoms with Crippen LogP contribution in [0.1, 0.15) is 32.4 Å². The number of rotatable bonds is 7. The molecular formula is C30H31FN2O5. The van der Waals surface area contributed by atoms with Crippen molar-refractivity contribution in [1.29, 1.82) is 0 Å². The maximum absolute atomic E-state index is 13.9. The second-order valence-electron chi connectivity index (χ2n) is 9.87. The number of hydrogen-bond acceptors (Lipinski definition) is 5. The smallest absolute Gasteiger partial charge is 0.252 e. The largest absolute Gasteiger partial charge is 0.493 e. The van der Waals surface area contributed by atoms with Crippen LogP contribution in [0.3, 0.4) is 0 Å². The van der Waals surface area contributed by atoms with E-state index in [2.05, 4.69) is 5.32 Å². The summed E-state index contributed by atoms with van der Waals surface area (Å²) in [5, 5.41) is 3.53. The molecule has 38 heavy (non-hydrogen) atoms. The van der Waals surface area contributed by atoms with Gasteiger partial charge in [-0.3, -0.25) is 14.2 Å². The van der Waals surface area contributed by atoms with Crippen LogP contribution in [0.4, 0.5) is 4.39 Å². The number of nitrogens with one attached hydrogen (secondary N) is 1. The minimum Gasteiger partial charge on any atom is -0.493 e. The van der Waals surface area contributed by atoms with Crippen molar-refractivity contribution in [3.8, 4) is 28.4 Å². The first-order valence-corrected chi connectivity index (χ1v) is 12.1. The van der Waals surface area contributed by atoms with Gasteiger partial charge in [0.05, 0.1) is 32.2 Å². The number of methoxy groups -OCH3 is 3. The lowest BCUT2D eigenvalue weighted by atomic mass is 9.97. The monoisotopic (exact) mass is 518 g/mol. The molecule has 4 rings (SSSR count). The predicted octanol–water partition coefficient (Wildman–Crippen LogP) is 5.34. The number of benzene rings is 3. The third kappa shape index (κ3) is 5.07. The Morgan fingerprint density at radius 2 is 1.53 bits per heavy atom.